The minimum Gasteiger partial charge on any atom is -0.491 e. The molecule has 2 heterocycles. The second-order valence-corrected chi connectivity index (χ2v) is 11.7. The van der Waals surface area contributed by atoms with E-state index in [4.69, 9.17) is 4.74 Å². The SMILES string of the molecule is Cc1ccc2c(c1)CCCCOc1ccc3cc1N(C2)CC1CCC1CC=CCCC[S-](=O)=NC3=O. The summed E-state index contributed by atoms with van der Waals surface area (Å²) in [6.45, 7) is 4.53. The molecule has 2 aromatic carbocycles. The monoisotopic (exact) mass is 505 g/mol. The third-order valence-electron chi connectivity index (χ3n) is 7.88. The molecule has 2 atom stereocenters. The van der Waals surface area contributed by atoms with Gasteiger partial charge in [-0.05, 0) is 93.0 Å². The van der Waals surface area contributed by atoms with Crippen LogP contribution in [0.5, 0.6) is 5.75 Å². The first-order chi connectivity index (χ1) is 17.6. The molecule has 0 spiro atoms. The molecule has 0 radical (unpaired) electrons. The lowest BCUT2D eigenvalue weighted by molar-refractivity contribution is 0.100. The lowest BCUT2D eigenvalue weighted by Gasteiger charge is -2.41. The van der Waals surface area contributed by atoms with Gasteiger partial charge >= 0.3 is 0 Å². The minimum absolute atomic E-state index is 0.411. The van der Waals surface area contributed by atoms with Crippen molar-refractivity contribution < 1.29 is 13.7 Å². The maximum atomic E-state index is 13.0. The van der Waals surface area contributed by atoms with Crippen LogP contribution >= 0.6 is 0 Å². The Morgan fingerprint density at radius 1 is 1.00 bits per heavy atom. The molecule has 1 amide bonds. The van der Waals surface area contributed by atoms with E-state index in [1.54, 1.807) is 6.07 Å². The average molecular weight is 506 g/mol. The Labute approximate surface area is 217 Å². The van der Waals surface area contributed by atoms with E-state index >= 15 is 0 Å². The van der Waals surface area contributed by atoms with Gasteiger partial charge in [-0.3, -0.25) is 4.79 Å². The van der Waals surface area contributed by atoms with Crippen LogP contribution in [0.15, 0.2) is 52.9 Å². The number of anilines is 1. The smallest absolute Gasteiger partial charge is 0.254 e. The van der Waals surface area contributed by atoms with E-state index in [9.17, 15) is 9.00 Å². The third-order valence-corrected chi connectivity index (χ3v) is 8.88. The van der Waals surface area contributed by atoms with Gasteiger partial charge in [0.25, 0.3) is 5.91 Å². The van der Waals surface area contributed by atoms with Crippen LogP contribution in [0.3, 0.4) is 0 Å². The third kappa shape index (κ3) is 6.03. The van der Waals surface area contributed by atoms with Crippen LogP contribution in [-0.4, -0.2) is 24.8 Å². The van der Waals surface area contributed by atoms with Crippen LogP contribution in [0.1, 0.15) is 72.0 Å². The number of carbonyl (C=O) groups excluding carboxylic acids is 1. The lowest BCUT2D eigenvalue weighted by atomic mass is 9.71. The zero-order valence-corrected chi connectivity index (χ0v) is 22.1. The van der Waals surface area contributed by atoms with Crippen LogP contribution in [0.4, 0.5) is 5.69 Å². The van der Waals surface area contributed by atoms with Gasteiger partial charge in [0.1, 0.15) is 5.75 Å². The number of allylic oxidation sites excluding steroid dienone is 2. The van der Waals surface area contributed by atoms with Crippen molar-refractivity contribution in [3.05, 3.63) is 70.8 Å². The van der Waals surface area contributed by atoms with Gasteiger partial charge in [-0.25, -0.2) is 0 Å². The van der Waals surface area contributed by atoms with Crippen molar-refractivity contribution >= 4 is 22.2 Å². The summed E-state index contributed by atoms with van der Waals surface area (Å²) >= 11 is 0. The second-order valence-electron chi connectivity index (χ2n) is 10.5. The fourth-order valence-corrected chi connectivity index (χ4v) is 6.39. The molecule has 3 aliphatic rings. The maximum Gasteiger partial charge on any atom is 0.254 e. The van der Waals surface area contributed by atoms with Gasteiger partial charge in [0, 0.05) is 18.7 Å². The second kappa shape index (κ2) is 11.6. The largest absolute Gasteiger partial charge is 0.491 e. The molecule has 1 saturated carbocycles. The molecule has 2 aromatic rings. The van der Waals surface area contributed by atoms with Crippen LogP contribution in [0.25, 0.3) is 0 Å². The van der Waals surface area contributed by atoms with Gasteiger partial charge in [0.15, 0.2) is 0 Å². The van der Waals surface area contributed by atoms with Crippen LogP contribution in [0, 0.1) is 18.8 Å². The van der Waals surface area contributed by atoms with Gasteiger partial charge in [0.2, 0.25) is 0 Å². The highest BCUT2D eigenvalue weighted by molar-refractivity contribution is 7.75. The number of nitrogens with zero attached hydrogens (tertiary/aromatic N) is 2. The number of hydrogen-bond acceptors (Lipinski definition) is 5. The fourth-order valence-electron chi connectivity index (χ4n) is 5.59. The van der Waals surface area contributed by atoms with Crippen molar-refractivity contribution in [2.24, 2.45) is 16.2 Å². The van der Waals surface area contributed by atoms with E-state index in [-0.39, 0.29) is 0 Å². The van der Waals surface area contributed by atoms with E-state index in [2.05, 4.69) is 46.5 Å². The van der Waals surface area contributed by atoms with Gasteiger partial charge in [0.05, 0.1) is 12.3 Å². The summed E-state index contributed by atoms with van der Waals surface area (Å²) < 4.78 is 22.7. The van der Waals surface area contributed by atoms with Crippen LogP contribution in [0.2, 0.25) is 0 Å². The molecule has 0 N–H and O–H groups in total. The number of benzene rings is 2. The normalized spacial score (nSPS) is 23.8. The van der Waals surface area contributed by atoms with Crippen molar-refractivity contribution in [2.45, 2.75) is 64.8 Å². The molecule has 2 aliphatic heterocycles. The van der Waals surface area contributed by atoms with E-state index in [0.717, 1.165) is 63.1 Å². The van der Waals surface area contributed by atoms with Crippen LogP contribution < -0.4 is 9.64 Å². The number of hydrogen-bond donors (Lipinski definition) is 0. The van der Waals surface area contributed by atoms with Crippen molar-refractivity contribution in [3.63, 3.8) is 0 Å². The summed E-state index contributed by atoms with van der Waals surface area (Å²) in [4.78, 5) is 15.4. The molecule has 0 aromatic heterocycles. The fraction of sp³-hybridized carbons (Fsp3) is 0.500. The number of fused-ring (bicyclic) bond motifs is 3. The summed E-state index contributed by atoms with van der Waals surface area (Å²) in [5.41, 5.74) is 5.48. The molecular formula is C30H37N2O3S-. The Bertz CT molecular complexity index is 1210. The van der Waals surface area contributed by atoms with Gasteiger partial charge in [-0.15, -0.1) is 0 Å². The zero-order valence-electron chi connectivity index (χ0n) is 21.3. The highest BCUT2D eigenvalue weighted by atomic mass is 32.2. The molecule has 2 bridgehead atoms. The molecule has 1 fully saturated rings. The summed E-state index contributed by atoms with van der Waals surface area (Å²) in [5.74, 6) is 2.12. The molecule has 5 rings (SSSR count). The van der Waals surface area contributed by atoms with Gasteiger partial charge < -0.3 is 18.2 Å². The Morgan fingerprint density at radius 2 is 1.89 bits per heavy atom. The summed E-state index contributed by atoms with van der Waals surface area (Å²) in [6.07, 6.45) is 12.9. The summed E-state index contributed by atoms with van der Waals surface area (Å²) in [7, 11) is -1.50. The number of ether oxygens (including phenoxy) is 1. The van der Waals surface area contributed by atoms with E-state index in [0.29, 0.717) is 29.8 Å². The number of rotatable bonds is 0. The quantitative estimate of drug-likeness (QED) is 0.293. The van der Waals surface area contributed by atoms with Crippen molar-refractivity contribution in [1.82, 2.24) is 0 Å². The van der Waals surface area contributed by atoms with Crippen molar-refractivity contribution in [3.8, 4) is 5.75 Å². The van der Waals surface area contributed by atoms with Gasteiger partial charge in [-0.1, -0.05) is 48.1 Å². The molecule has 1 aliphatic carbocycles. The molecule has 0 saturated heterocycles. The Kier molecular flexibility index (Phi) is 8.10. The topological polar surface area (TPSA) is 59.0 Å². The first kappa shape index (κ1) is 25.1. The molecular weight excluding hydrogens is 468 g/mol. The molecule has 5 nitrogen and oxygen atoms in total. The highest BCUT2D eigenvalue weighted by Gasteiger charge is 2.32. The Morgan fingerprint density at radius 3 is 2.75 bits per heavy atom. The number of aryl methyl sites for hydroxylation is 2. The zero-order chi connectivity index (χ0) is 24.9. The maximum absolute atomic E-state index is 13.0. The minimum atomic E-state index is -1.50. The number of amides is 1. The van der Waals surface area contributed by atoms with E-state index < -0.39 is 16.5 Å². The molecule has 2 unspecified atom stereocenters. The Balaban J connectivity index is 1.58. The Hall–Kier alpha value is -2.60. The predicted molar refractivity (Wildman–Crippen MR) is 146 cm³/mol. The first-order valence-electron chi connectivity index (χ1n) is 13.5. The lowest BCUT2D eigenvalue weighted by Crippen LogP contribution is -2.38. The molecule has 192 valence electrons. The van der Waals surface area contributed by atoms with Crippen LogP contribution in [-0.2, 0) is 27.8 Å². The predicted octanol–water partition coefficient (Wildman–Crippen LogP) is 6.77. The molecule has 36 heavy (non-hydrogen) atoms. The van der Waals surface area contributed by atoms with E-state index in [1.807, 2.05) is 12.1 Å². The summed E-state index contributed by atoms with van der Waals surface area (Å²) in [6, 6.07) is 12.4. The average Bonchev–Trinajstić information content (AvgIpc) is 2.88. The van der Waals surface area contributed by atoms with Crippen molar-refractivity contribution in [1.29, 1.82) is 0 Å². The standard InChI is InChI=1S/C30H37N2O3S/c1-22-10-11-27-21-32-20-26-13-12-23(26)8-4-2-3-7-17-36(34)31-30(33)25-14-15-29(28(32)19-25)35-16-6-5-9-24(27)18-22/h2,4,10-11,14-15,18-19,23,26H,3,5-9,12-13,16-17,20-21H2,1H3/q-1. The van der Waals surface area contributed by atoms with E-state index in [1.165, 1.54) is 29.5 Å². The van der Waals surface area contributed by atoms with Gasteiger partial charge in [-0.2, -0.15) is 10.6 Å². The number of carbonyl (C=O) groups is 1. The highest BCUT2D eigenvalue weighted by Crippen LogP contribution is 2.41. The molecule has 6 heteroatoms. The first-order valence-corrected chi connectivity index (χ1v) is 14.7. The van der Waals surface area contributed by atoms with Crippen molar-refractivity contribution in [2.75, 3.05) is 23.8 Å². The summed E-state index contributed by atoms with van der Waals surface area (Å²) in [5, 5.41) is 0.